The summed E-state index contributed by atoms with van der Waals surface area (Å²) in [6, 6.07) is 9.52. The van der Waals surface area contributed by atoms with Gasteiger partial charge in [-0.2, -0.15) is 0 Å². The number of amides is 2. The average Bonchev–Trinajstić information content (AvgIpc) is 2.43. The third-order valence-corrected chi connectivity index (χ3v) is 2.91. The number of pyridine rings is 1. The van der Waals surface area contributed by atoms with Crippen LogP contribution in [0.1, 0.15) is 15.9 Å². The Hall–Kier alpha value is -2.89. The molecule has 0 atom stereocenters. The molecule has 0 bridgehead atoms. The lowest BCUT2D eigenvalue weighted by molar-refractivity contribution is -0.116. The van der Waals surface area contributed by atoms with Crippen LogP contribution in [0, 0.1) is 6.92 Å². The third-order valence-electron chi connectivity index (χ3n) is 2.91. The summed E-state index contributed by atoms with van der Waals surface area (Å²) in [6.45, 7) is 1.70. The van der Waals surface area contributed by atoms with Crippen LogP contribution in [0.4, 0.5) is 5.69 Å². The van der Waals surface area contributed by atoms with Gasteiger partial charge in [-0.05, 0) is 24.6 Å². The molecule has 0 saturated heterocycles. The predicted octanol–water partition coefficient (Wildman–Crippen LogP) is 0.894. The van der Waals surface area contributed by atoms with Crippen molar-refractivity contribution in [3.05, 3.63) is 64.1 Å². The van der Waals surface area contributed by atoms with Crippen LogP contribution in [0.15, 0.2) is 47.4 Å². The van der Waals surface area contributed by atoms with Crippen molar-refractivity contribution in [2.45, 2.75) is 13.5 Å². The molecule has 6 nitrogen and oxygen atoms in total. The van der Waals surface area contributed by atoms with Gasteiger partial charge < -0.3 is 15.6 Å². The van der Waals surface area contributed by atoms with Gasteiger partial charge >= 0.3 is 0 Å². The summed E-state index contributed by atoms with van der Waals surface area (Å²) < 4.78 is 1.30. The number of rotatable bonds is 4. The van der Waals surface area contributed by atoms with Gasteiger partial charge in [0.15, 0.2) is 0 Å². The summed E-state index contributed by atoms with van der Waals surface area (Å²) in [7, 11) is 0. The fraction of sp³-hybridized carbons (Fsp3) is 0.133. The molecule has 2 rings (SSSR count). The maximum atomic E-state index is 12.0. The summed E-state index contributed by atoms with van der Waals surface area (Å²) in [5, 5.41) is 2.59. The first kappa shape index (κ1) is 14.5. The van der Waals surface area contributed by atoms with E-state index in [0.29, 0.717) is 5.69 Å². The third kappa shape index (κ3) is 3.56. The fourth-order valence-electron chi connectivity index (χ4n) is 1.93. The highest BCUT2D eigenvalue weighted by molar-refractivity contribution is 6.02. The highest BCUT2D eigenvalue weighted by Crippen LogP contribution is 2.14. The first-order valence-corrected chi connectivity index (χ1v) is 6.33. The summed E-state index contributed by atoms with van der Waals surface area (Å²) in [4.78, 5) is 34.9. The van der Waals surface area contributed by atoms with E-state index >= 15 is 0 Å². The standard InChI is InChI=1S/C15H15N3O3/c1-10-6-7-14(20)18(8-10)9-13(19)17-12-5-3-2-4-11(12)15(16)21/h2-8H,9H2,1H3,(H2,16,21)(H,17,19). The van der Waals surface area contributed by atoms with Crippen LogP contribution in [-0.2, 0) is 11.3 Å². The number of para-hydroxylation sites is 1. The highest BCUT2D eigenvalue weighted by atomic mass is 16.2. The number of nitrogens with one attached hydrogen (secondary N) is 1. The molecule has 0 unspecified atom stereocenters. The van der Waals surface area contributed by atoms with Gasteiger partial charge in [0.25, 0.3) is 11.5 Å². The summed E-state index contributed by atoms with van der Waals surface area (Å²) in [6.07, 6.45) is 1.60. The van der Waals surface area contributed by atoms with Gasteiger partial charge in [0.1, 0.15) is 6.54 Å². The Kier molecular flexibility index (Phi) is 4.18. The molecular weight excluding hydrogens is 270 g/mol. The van der Waals surface area contributed by atoms with E-state index in [1.54, 1.807) is 30.5 Å². The van der Waals surface area contributed by atoms with Crippen LogP contribution >= 0.6 is 0 Å². The zero-order chi connectivity index (χ0) is 15.4. The molecule has 0 radical (unpaired) electrons. The molecule has 0 spiro atoms. The van der Waals surface area contributed by atoms with E-state index in [4.69, 9.17) is 5.73 Å². The van der Waals surface area contributed by atoms with Crippen molar-refractivity contribution in [1.29, 1.82) is 0 Å². The molecule has 1 aromatic carbocycles. The van der Waals surface area contributed by atoms with Crippen molar-refractivity contribution in [3.63, 3.8) is 0 Å². The van der Waals surface area contributed by atoms with Gasteiger partial charge in [0.2, 0.25) is 5.91 Å². The van der Waals surface area contributed by atoms with Gasteiger partial charge in [-0.3, -0.25) is 14.4 Å². The molecule has 2 amide bonds. The number of benzene rings is 1. The lowest BCUT2D eigenvalue weighted by atomic mass is 10.1. The quantitative estimate of drug-likeness (QED) is 0.873. The van der Waals surface area contributed by atoms with Crippen molar-refractivity contribution in [1.82, 2.24) is 4.57 Å². The SMILES string of the molecule is Cc1ccc(=O)n(CC(=O)Nc2ccccc2C(N)=O)c1. The Labute approximate surface area is 121 Å². The van der Waals surface area contributed by atoms with Crippen LogP contribution in [0.5, 0.6) is 0 Å². The van der Waals surface area contributed by atoms with Crippen LogP contribution in [0.25, 0.3) is 0 Å². The molecule has 0 aliphatic carbocycles. The normalized spacial score (nSPS) is 10.1. The monoisotopic (exact) mass is 285 g/mol. The van der Waals surface area contributed by atoms with E-state index in [1.807, 2.05) is 6.92 Å². The van der Waals surface area contributed by atoms with Crippen molar-refractivity contribution < 1.29 is 9.59 Å². The molecular formula is C15H15N3O3. The second-order valence-electron chi connectivity index (χ2n) is 4.63. The second-order valence-corrected chi connectivity index (χ2v) is 4.63. The smallest absolute Gasteiger partial charge is 0.251 e. The van der Waals surface area contributed by atoms with Crippen LogP contribution in [-0.4, -0.2) is 16.4 Å². The van der Waals surface area contributed by atoms with Crippen molar-refractivity contribution in [2.75, 3.05) is 5.32 Å². The second kappa shape index (κ2) is 6.04. The van der Waals surface area contributed by atoms with Crippen molar-refractivity contribution >= 4 is 17.5 Å². The number of primary amides is 1. The lowest BCUT2D eigenvalue weighted by Gasteiger charge is -2.10. The molecule has 1 heterocycles. The Bertz CT molecular complexity index is 750. The van der Waals surface area contributed by atoms with Crippen molar-refractivity contribution in [3.8, 4) is 0 Å². The van der Waals surface area contributed by atoms with Gasteiger partial charge in [-0.25, -0.2) is 0 Å². The molecule has 0 aliphatic rings. The van der Waals surface area contributed by atoms with E-state index in [1.165, 1.54) is 16.7 Å². The van der Waals surface area contributed by atoms with Gasteiger partial charge in [-0.15, -0.1) is 0 Å². The van der Waals surface area contributed by atoms with E-state index in [9.17, 15) is 14.4 Å². The summed E-state index contributed by atoms with van der Waals surface area (Å²) in [5.74, 6) is -1.03. The Morgan fingerprint density at radius 2 is 1.90 bits per heavy atom. The number of hydrogen-bond donors (Lipinski definition) is 2. The molecule has 0 fully saturated rings. The van der Waals surface area contributed by atoms with Crippen molar-refractivity contribution in [2.24, 2.45) is 5.73 Å². The first-order valence-electron chi connectivity index (χ1n) is 6.33. The Morgan fingerprint density at radius 3 is 2.62 bits per heavy atom. The topological polar surface area (TPSA) is 94.2 Å². The van der Waals surface area contributed by atoms with Gasteiger partial charge in [0.05, 0.1) is 11.3 Å². The average molecular weight is 285 g/mol. The molecule has 3 N–H and O–H groups in total. The number of hydrogen-bond acceptors (Lipinski definition) is 3. The minimum absolute atomic E-state index is 0.131. The molecule has 1 aromatic heterocycles. The van der Waals surface area contributed by atoms with Gasteiger partial charge in [0, 0.05) is 12.3 Å². The Balaban J connectivity index is 2.18. The number of anilines is 1. The fourth-order valence-corrected chi connectivity index (χ4v) is 1.93. The zero-order valence-electron chi connectivity index (χ0n) is 11.5. The van der Waals surface area contributed by atoms with Crippen LogP contribution in [0.3, 0.4) is 0 Å². The number of nitrogens with zero attached hydrogens (tertiary/aromatic N) is 1. The number of carbonyl (C=O) groups excluding carboxylic acids is 2. The molecule has 0 saturated carbocycles. The zero-order valence-corrected chi connectivity index (χ0v) is 11.5. The van der Waals surface area contributed by atoms with E-state index in [2.05, 4.69) is 5.32 Å². The minimum Gasteiger partial charge on any atom is -0.366 e. The maximum absolute atomic E-state index is 12.0. The van der Waals surface area contributed by atoms with E-state index < -0.39 is 11.8 Å². The summed E-state index contributed by atoms with van der Waals surface area (Å²) in [5.41, 5.74) is 6.41. The number of aryl methyl sites for hydroxylation is 1. The number of aromatic nitrogens is 1. The lowest BCUT2D eigenvalue weighted by Crippen LogP contribution is -2.27. The molecule has 108 valence electrons. The maximum Gasteiger partial charge on any atom is 0.251 e. The largest absolute Gasteiger partial charge is 0.366 e. The first-order chi connectivity index (χ1) is 9.97. The highest BCUT2D eigenvalue weighted by Gasteiger charge is 2.11. The predicted molar refractivity (Wildman–Crippen MR) is 79.0 cm³/mol. The number of nitrogens with two attached hydrogens (primary N) is 1. The Morgan fingerprint density at radius 1 is 1.19 bits per heavy atom. The minimum atomic E-state index is -0.626. The van der Waals surface area contributed by atoms with E-state index in [0.717, 1.165) is 5.56 Å². The summed E-state index contributed by atoms with van der Waals surface area (Å²) >= 11 is 0. The molecule has 0 aliphatic heterocycles. The number of carbonyl (C=O) groups is 2. The van der Waals surface area contributed by atoms with Crippen LogP contribution < -0.4 is 16.6 Å². The van der Waals surface area contributed by atoms with Crippen LogP contribution in [0.2, 0.25) is 0 Å². The van der Waals surface area contributed by atoms with E-state index in [-0.39, 0.29) is 17.7 Å². The molecule has 2 aromatic rings. The molecule has 21 heavy (non-hydrogen) atoms. The van der Waals surface area contributed by atoms with Gasteiger partial charge in [-0.1, -0.05) is 18.2 Å². The molecule has 6 heteroatoms.